The third-order valence-corrected chi connectivity index (χ3v) is 6.25. The van der Waals surface area contributed by atoms with Crippen LogP contribution in [0.25, 0.3) is 0 Å². The Labute approximate surface area is 186 Å². The van der Waals surface area contributed by atoms with E-state index >= 15 is 0 Å². The van der Waals surface area contributed by atoms with E-state index < -0.39 is 11.5 Å². The van der Waals surface area contributed by atoms with Crippen LogP contribution in [0.2, 0.25) is 0 Å². The van der Waals surface area contributed by atoms with E-state index in [-0.39, 0.29) is 12.5 Å². The minimum absolute atomic E-state index is 0.0447. The molecule has 2 aromatic rings. The standard InChI is InChI=1S/C21H21I2NO3/c1-14(4-2-3-11-25)21(27)18-12-17(23)9-10-19(18)24(20(21)26)13-15-5-7-16(22)8-6-15/h2,4-10,12,14,25,27H,3,11,13H2,1H3/b4-2+/t14-,21+/m1/s1. The number of rotatable bonds is 6. The minimum Gasteiger partial charge on any atom is -0.396 e. The number of hydrogen-bond acceptors (Lipinski definition) is 3. The number of halogens is 2. The van der Waals surface area contributed by atoms with Crippen molar-refractivity contribution in [2.24, 2.45) is 5.92 Å². The van der Waals surface area contributed by atoms with Crippen molar-refractivity contribution in [2.75, 3.05) is 11.5 Å². The Morgan fingerprint density at radius 3 is 2.48 bits per heavy atom. The largest absolute Gasteiger partial charge is 0.396 e. The molecule has 1 aliphatic heterocycles. The summed E-state index contributed by atoms with van der Waals surface area (Å²) >= 11 is 4.45. The van der Waals surface area contributed by atoms with E-state index in [9.17, 15) is 9.90 Å². The van der Waals surface area contributed by atoms with Crippen LogP contribution in [-0.4, -0.2) is 22.7 Å². The molecule has 0 saturated heterocycles. The number of nitrogens with zero attached hydrogens (tertiary/aromatic N) is 1. The number of carbonyl (C=O) groups is 1. The van der Waals surface area contributed by atoms with Gasteiger partial charge in [0, 0.05) is 25.2 Å². The molecule has 0 aromatic heterocycles. The first-order valence-corrected chi connectivity index (χ1v) is 10.9. The molecule has 0 spiro atoms. The Hall–Kier alpha value is -0.970. The number of anilines is 1. The van der Waals surface area contributed by atoms with Gasteiger partial charge < -0.3 is 15.1 Å². The molecule has 2 atom stereocenters. The lowest BCUT2D eigenvalue weighted by Gasteiger charge is -2.27. The van der Waals surface area contributed by atoms with Gasteiger partial charge in [0.1, 0.15) is 0 Å². The van der Waals surface area contributed by atoms with Crippen LogP contribution in [0.4, 0.5) is 5.69 Å². The normalized spacial score (nSPS) is 20.3. The minimum atomic E-state index is -1.61. The number of carbonyl (C=O) groups excluding carboxylic acids is 1. The number of aliphatic hydroxyl groups is 2. The SMILES string of the molecule is C[C@H](/C=C/CCO)[C@@]1(O)C(=O)N(Cc2ccc(I)cc2)c2ccc(I)cc21. The molecule has 27 heavy (non-hydrogen) atoms. The molecule has 0 radical (unpaired) electrons. The third kappa shape index (κ3) is 4.08. The fourth-order valence-corrected chi connectivity index (χ4v) is 4.21. The van der Waals surface area contributed by atoms with Crippen molar-refractivity contribution >= 4 is 56.8 Å². The molecule has 1 amide bonds. The van der Waals surface area contributed by atoms with Crippen LogP contribution >= 0.6 is 45.2 Å². The summed E-state index contributed by atoms with van der Waals surface area (Å²) in [7, 11) is 0. The van der Waals surface area contributed by atoms with E-state index in [0.717, 1.165) is 18.4 Å². The number of fused-ring (bicyclic) bond motifs is 1. The first kappa shape index (κ1) is 20.8. The topological polar surface area (TPSA) is 60.8 Å². The predicted octanol–water partition coefficient (Wildman–Crippen LogP) is 4.20. The quantitative estimate of drug-likeness (QED) is 0.393. The zero-order chi connectivity index (χ0) is 19.6. The molecule has 4 nitrogen and oxygen atoms in total. The summed E-state index contributed by atoms with van der Waals surface area (Å²) in [6, 6.07) is 13.8. The van der Waals surface area contributed by atoms with Gasteiger partial charge in [0.05, 0.1) is 12.2 Å². The van der Waals surface area contributed by atoms with Gasteiger partial charge in [0.15, 0.2) is 5.60 Å². The van der Waals surface area contributed by atoms with Gasteiger partial charge in [-0.15, -0.1) is 0 Å². The number of amides is 1. The Bertz CT molecular complexity index is 866. The van der Waals surface area contributed by atoms with Gasteiger partial charge in [-0.3, -0.25) is 4.79 Å². The van der Waals surface area contributed by atoms with Crippen LogP contribution in [0, 0.1) is 13.1 Å². The maximum absolute atomic E-state index is 13.3. The Kier molecular flexibility index (Phi) is 6.60. The van der Waals surface area contributed by atoms with Crippen LogP contribution in [-0.2, 0) is 16.9 Å². The molecule has 1 heterocycles. The number of aliphatic hydroxyl groups excluding tert-OH is 1. The Balaban J connectivity index is 2.00. The average Bonchev–Trinajstić information content (AvgIpc) is 2.86. The van der Waals surface area contributed by atoms with Gasteiger partial charge in [0.25, 0.3) is 5.91 Å². The molecule has 0 aliphatic carbocycles. The molecule has 3 rings (SSSR count). The summed E-state index contributed by atoms with van der Waals surface area (Å²) in [6.45, 7) is 2.30. The summed E-state index contributed by atoms with van der Waals surface area (Å²) in [6.07, 6.45) is 4.12. The molecule has 0 bridgehead atoms. The highest BCUT2D eigenvalue weighted by Crippen LogP contribution is 2.46. The van der Waals surface area contributed by atoms with Crippen molar-refractivity contribution in [2.45, 2.75) is 25.5 Å². The van der Waals surface area contributed by atoms with Crippen LogP contribution in [0.5, 0.6) is 0 Å². The fourth-order valence-electron chi connectivity index (χ4n) is 3.36. The van der Waals surface area contributed by atoms with Crippen molar-refractivity contribution in [3.63, 3.8) is 0 Å². The van der Waals surface area contributed by atoms with E-state index in [4.69, 9.17) is 5.11 Å². The summed E-state index contributed by atoms with van der Waals surface area (Å²) in [5.74, 6) is -0.713. The highest BCUT2D eigenvalue weighted by Gasteiger charge is 2.52. The lowest BCUT2D eigenvalue weighted by Crippen LogP contribution is -2.44. The van der Waals surface area contributed by atoms with E-state index in [1.54, 1.807) is 4.90 Å². The van der Waals surface area contributed by atoms with Gasteiger partial charge in [-0.1, -0.05) is 31.2 Å². The van der Waals surface area contributed by atoms with Crippen molar-refractivity contribution in [1.82, 2.24) is 0 Å². The third-order valence-electron chi connectivity index (χ3n) is 4.86. The highest BCUT2D eigenvalue weighted by molar-refractivity contribution is 14.1. The first-order chi connectivity index (χ1) is 12.9. The van der Waals surface area contributed by atoms with Gasteiger partial charge >= 0.3 is 0 Å². The second kappa shape index (κ2) is 8.59. The van der Waals surface area contributed by atoms with Gasteiger partial charge in [0.2, 0.25) is 0 Å². The fraction of sp³-hybridized carbons (Fsp3) is 0.286. The molecule has 0 unspecified atom stereocenters. The molecule has 2 N–H and O–H groups in total. The maximum Gasteiger partial charge on any atom is 0.264 e. The summed E-state index contributed by atoms with van der Waals surface area (Å²) in [5, 5.41) is 20.5. The maximum atomic E-state index is 13.3. The molecule has 142 valence electrons. The van der Waals surface area contributed by atoms with Gasteiger partial charge in [-0.05, 0) is 87.5 Å². The monoisotopic (exact) mass is 589 g/mol. The molecule has 6 heteroatoms. The smallest absolute Gasteiger partial charge is 0.264 e. The predicted molar refractivity (Wildman–Crippen MR) is 123 cm³/mol. The second-order valence-electron chi connectivity index (χ2n) is 6.67. The van der Waals surface area contributed by atoms with E-state index in [2.05, 4.69) is 45.2 Å². The van der Waals surface area contributed by atoms with Crippen molar-refractivity contribution in [3.8, 4) is 0 Å². The van der Waals surface area contributed by atoms with Crippen molar-refractivity contribution in [1.29, 1.82) is 0 Å². The van der Waals surface area contributed by atoms with Crippen molar-refractivity contribution in [3.05, 3.63) is 72.9 Å². The second-order valence-corrected chi connectivity index (χ2v) is 9.17. The molecule has 0 saturated carbocycles. The lowest BCUT2D eigenvalue weighted by molar-refractivity contribution is -0.139. The zero-order valence-corrected chi connectivity index (χ0v) is 19.2. The van der Waals surface area contributed by atoms with Crippen LogP contribution in [0.15, 0.2) is 54.6 Å². The molecule has 0 fully saturated rings. The summed E-state index contributed by atoms with van der Waals surface area (Å²) in [4.78, 5) is 15.0. The van der Waals surface area contributed by atoms with Crippen LogP contribution in [0.1, 0.15) is 24.5 Å². The van der Waals surface area contributed by atoms with E-state index in [1.165, 1.54) is 0 Å². The first-order valence-electron chi connectivity index (χ1n) is 8.74. The number of benzene rings is 2. The van der Waals surface area contributed by atoms with Crippen molar-refractivity contribution < 1.29 is 15.0 Å². The van der Waals surface area contributed by atoms with Crippen LogP contribution < -0.4 is 4.90 Å². The van der Waals surface area contributed by atoms with E-state index in [0.29, 0.717) is 18.5 Å². The molecule has 2 aromatic carbocycles. The van der Waals surface area contributed by atoms with E-state index in [1.807, 2.05) is 61.5 Å². The Morgan fingerprint density at radius 1 is 1.15 bits per heavy atom. The Morgan fingerprint density at radius 2 is 1.81 bits per heavy atom. The van der Waals surface area contributed by atoms with Gasteiger partial charge in [-0.2, -0.15) is 0 Å². The average molecular weight is 589 g/mol. The zero-order valence-electron chi connectivity index (χ0n) is 14.9. The molecule has 1 aliphatic rings. The highest BCUT2D eigenvalue weighted by atomic mass is 127. The molecular weight excluding hydrogens is 568 g/mol. The summed E-state index contributed by atoms with van der Waals surface area (Å²) < 4.78 is 2.11. The van der Waals surface area contributed by atoms with Crippen LogP contribution in [0.3, 0.4) is 0 Å². The number of hydrogen-bond donors (Lipinski definition) is 2. The van der Waals surface area contributed by atoms with Gasteiger partial charge in [-0.25, -0.2) is 0 Å². The lowest BCUT2D eigenvalue weighted by atomic mass is 9.83. The summed E-state index contributed by atoms with van der Waals surface area (Å²) in [5.41, 5.74) is 0.807. The molecular formula is C21H21I2NO3.